The van der Waals surface area contributed by atoms with Gasteiger partial charge in [0.2, 0.25) is 11.9 Å². The molecule has 0 spiro atoms. The molecule has 7 nitrogen and oxygen atoms in total. The van der Waals surface area contributed by atoms with Gasteiger partial charge < -0.3 is 16.3 Å². The van der Waals surface area contributed by atoms with E-state index >= 15 is 0 Å². The molecule has 0 radical (unpaired) electrons. The predicted molar refractivity (Wildman–Crippen MR) is 67.4 cm³/mol. The lowest BCUT2D eigenvalue weighted by atomic mass is 10.2. The lowest BCUT2D eigenvalue weighted by molar-refractivity contribution is 0.126. The molecule has 0 aliphatic rings. The van der Waals surface area contributed by atoms with Crippen LogP contribution in [0.2, 0.25) is 0 Å². The molecule has 0 aliphatic heterocycles. The maximum Gasteiger partial charge on any atom is 0.225 e. The molecule has 1 aromatic heterocycles. The molecular weight excluding hydrogens is 251 g/mol. The third kappa shape index (κ3) is 3.60. The van der Waals surface area contributed by atoms with Crippen molar-refractivity contribution in [3.05, 3.63) is 41.5 Å². The number of halogens is 1. The summed E-state index contributed by atoms with van der Waals surface area (Å²) in [6, 6.07) is 6.18. The van der Waals surface area contributed by atoms with Crippen LogP contribution in [0.5, 0.6) is 0 Å². The molecule has 0 aliphatic carbocycles. The third-order valence-electron chi connectivity index (χ3n) is 2.08. The number of aromatic nitrogens is 3. The maximum atomic E-state index is 13.2. The van der Waals surface area contributed by atoms with Crippen molar-refractivity contribution in [3.63, 3.8) is 0 Å². The van der Waals surface area contributed by atoms with Gasteiger partial charge in [0.1, 0.15) is 5.82 Å². The van der Waals surface area contributed by atoms with Gasteiger partial charge in [0, 0.05) is 5.56 Å². The summed E-state index contributed by atoms with van der Waals surface area (Å²) < 4.78 is 13.2. The Kier molecular flexibility index (Phi) is 3.81. The highest BCUT2D eigenvalue weighted by atomic mass is 19.1. The number of hydrogen-bond acceptors (Lipinski definition) is 7. The molecule has 0 amide bonds. The number of hydrogen-bond donors (Lipinski definition) is 2. The number of nitrogens with two attached hydrogens (primary N) is 2. The van der Waals surface area contributed by atoms with Crippen LogP contribution in [-0.2, 0) is 11.4 Å². The zero-order chi connectivity index (χ0) is 13.7. The highest BCUT2D eigenvalue weighted by Gasteiger charge is 2.02. The van der Waals surface area contributed by atoms with Crippen molar-refractivity contribution < 1.29 is 9.23 Å². The van der Waals surface area contributed by atoms with Gasteiger partial charge in [0.05, 0.1) is 6.21 Å². The van der Waals surface area contributed by atoms with E-state index in [0.29, 0.717) is 5.56 Å². The summed E-state index contributed by atoms with van der Waals surface area (Å²) >= 11 is 0. The van der Waals surface area contributed by atoms with Crippen molar-refractivity contribution in [1.29, 1.82) is 0 Å². The molecule has 0 fully saturated rings. The summed E-state index contributed by atoms with van der Waals surface area (Å²) in [6.45, 7) is -0.0398. The lowest BCUT2D eigenvalue weighted by Crippen LogP contribution is -2.07. The van der Waals surface area contributed by atoms with Crippen molar-refractivity contribution in [2.75, 3.05) is 11.5 Å². The normalized spacial score (nSPS) is 10.8. The van der Waals surface area contributed by atoms with E-state index in [4.69, 9.17) is 16.3 Å². The summed E-state index contributed by atoms with van der Waals surface area (Å²) in [7, 11) is 0. The second-order valence-electron chi connectivity index (χ2n) is 3.50. The Labute approximate surface area is 108 Å². The van der Waals surface area contributed by atoms with Crippen LogP contribution in [-0.4, -0.2) is 21.2 Å². The molecule has 0 saturated heterocycles. The monoisotopic (exact) mass is 262 g/mol. The van der Waals surface area contributed by atoms with Gasteiger partial charge in [-0.3, -0.25) is 0 Å². The highest BCUT2D eigenvalue weighted by Crippen LogP contribution is 2.04. The van der Waals surface area contributed by atoms with E-state index < -0.39 is 0 Å². The first-order valence-corrected chi connectivity index (χ1v) is 5.31. The van der Waals surface area contributed by atoms with Crippen molar-refractivity contribution in [3.8, 4) is 0 Å². The molecule has 0 atom stereocenters. The van der Waals surface area contributed by atoms with Crippen molar-refractivity contribution >= 4 is 18.1 Å². The van der Waals surface area contributed by atoms with E-state index in [-0.39, 0.29) is 30.1 Å². The number of nitrogen functional groups attached to an aromatic ring is 2. The standard InChI is InChI=1S/C11H11FN6O/c12-8-4-2-1-3-7(8)5-15-19-6-9-16-10(13)18-11(14)17-9/h1-5H,6H2,(H4,13,14,16,17,18)/b15-5-. The Bertz CT molecular complexity index is 583. The molecule has 1 heterocycles. The van der Waals surface area contributed by atoms with Crippen LogP contribution in [0.3, 0.4) is 0 Å². The van der Waals surface area contributed by atoms with Gasteiger partial charge in [-0.15, -0.1) is 0 Å². The van der Waals surface area contributed by atoms with Crippen LogP contribution in [0, 0.1) is 5.82 Å². The summed E-state index contributed by atoms with van der Waals surface area (Å²) in [6.07, 6.45) is 1.25. The van der Waals surface area contributed by atoms with E-state index in [1.165, 1.54) is 12.3 Å². The van der Waals surface area contributed by atoms with Crippen LogP contribution in [0.25, 0.3) is 0 Å². The zero-order valence-corrected chi connectivity index (χ0v) is 9.82. The van der Waals surface area contributed by atoms with Gasteiger partial charge >= 0.3 is 0 Å². The fraction of sp³-hybridized carbons (Fsp3) is 0.0909. The number of anilines is 2. The first-order valence-electron chi connectivity index (χ1n) is 5.31. The van der Waals surface area contributed by atoms with Crippen molar-refractivity contribution in [2.45, 2.75) is 6.61 Å². The van der Waals surface area contributed by atoms with Crippen LogP contribution in [0.15, 0.2) is 29.4 Å². The second kappa shape index (κ2) is 5.71. The summed E-state index contributed by atoms with van der Waals surface area (Å²) in [5.74, 6) is -0.132. The third-order valence-corrected chi connectivity index (χ3v) is 2.08. The molecule has 2 aromatic rings. The Morgan fingerprint density at radius 3 is 2.53 bits per heavy atom. The van der Waals surface area contributed by atoms with Crippen LogP contribution >= 0.6 is 0 Å². The van der Waals surface area contributed by atoms with Gasteiger partial charge in [-0.25, -0.2) is 4.39 Å². The molecule has 98 valence electrons. The van der Waals surface area contributed by atoms with E-state index in [9.17, 15) is 4.39 Å². The molecule has 19 heavy (non-hydrogen) atoms. The van der Waals surface area contributed by atoms with E-state index in [1.54, 1.807) is 18.2 Å². The molecular formula is C11H11FN6O. The smallest absolute Gasteiger partial charge is 0.225 e. The van der Waals surface area contributed by atoms with Gasteiger partial charge in [0.15, 0.2) is 12.4 Å². The molecule has 2 rings (SSSR count). The summed E-state index contributed by atoms with van der Waals surface area (Å²) in [5.41, 5.74) is 11.1. The Hall–Kier alpha value is -2.77. The van der Waals surface area contributed by atoms with Crippen LogP contribution in [0.4, 0.5) is 16.3 Å². The Morgan fingerprint density at radius 2 is 1.84 bits per heavy atom. The van der Waals surface area contributed by atoms with E-state index in [2.05, 4.69) is 20.1 Å². The SMILES string of the molecule is Nc1nc(N)nc(CO/N=C\c2ccccc2F)n1. The molecule has 0 bridgehead atoms. The average Bonchev–Trinajstić information content (AvgIpc) is 2.35. The minimum Gasteiger partial charge on any atom is -0.388 e. The minimum atomic E-state index is -0.386. The quantitative estimate of drug-likeness (QED) is 0.620. The number of rotatable bonds is 4. The number of benzene rings is 1. The summed E-state index contributed by atoms with van der Waals surface area (Å²) in [4.78, 5) is 16.1. The molecule has 0 unspecified atom stereocenters. The first-order chi connectivity index (χ1) is 9.15. The minimum absolute atomic E-state index is 0.00387. The second-order valence-corrected chi connectivity index (χ2v) is 3.50. The number of nitrogens with zero attached hydrogens (tertiary/aromatic N) is 4. The Balaban J connectivity index is 1.95. The summed E-state index contributed by atoms with van der Waals surface area (Å²) in [5, 5.41) is 3.61. The topological polar surface area (TPSA) is 112 Å². The van der Waals surface area contributed by atoms with Gasteiger partial charge in [-0.2, -0.15) is 15.0 Å². The predicted octanol–water partition coefficient (Wildman–Crippen LogP) is 0.726. The molecule has 8 heteroatoms. The molecule has 4 N–H and O–H groups in total. The van der Waals surface area contributed by atoms with E-state index in [1.807, 2.05) is 0 Å². The van der Waals surface area contributed by atoms with Crippen LogP contribution < -0.4 is 11.5 Å². The van der Waals surface area contributed by atoms with Crippen molar-refractivity contribution in [1.82, 2.24) is 15.0 Å². The fourth-order valence-electron chi connectivity index (χ4n) is 1.29. The van der Waals surface area contributed by atoms with Crippen molar-refractivity contribution in [2.24, 2.45) is 5.16 Å². The maximum absolute atomic E-state index is 13.2. The molecule has 0 saturated carbocycles. The van der Waals surface area contributed by atoms with E-state index in [0.717, 1.165) is 0 Å². The van der Waals surface area contributed by atoms with Gasteiger partial charge in [-0.1, -0.05) is 23.4 Å². The highest BCUT2D eigenvalue weighted by molar-refractivity contribution is 5.79. The number of oxime groups is 1. The Morgan fingerprint density at radius 1 is 1.16 bits per heavy atom. The zero-order valence-electron chi connectivity index (χ0n) is 9.82. The lowest BCUT2D eigenvalue weighted by Gasteiger charge is -2.00. The van der Waals surface area contributed by atoms with Crippen LogP contribution in [0.1, 0.15) is 11.4 Å². The van der Waals surface area contributed by atoms with Gasteiger partial charge in [0.25, 0.3) is 0 Å². The van der Waals surface area contributed by atoms with Gasteiger partial charge in [-0.05, 0) is 6.07 Å². The molecule has 1 aromatic carbocycles. The average molecular weight is 262 g/mol. The first kappa shape index (κ1) is 12.7. The largest absolute Gasteiger partial charge is 0.388 e. The fourth-order valence-corrected chi connectivity index (χ4v) is 1.29.